The maximum absolute atomic E-state index is 12.2. The minimum Gasteiger partial charge on any atom is -0.482 e. The highest BCUT2D eigenvalue weighted by Crippen LogP contribution is 2.42. The quantitative estimate of drug-likeness (QED) is 0.626. The molecule has 2 aliphatic heterocycles. The number of carbonyl (C=O) groups excluding carboxylic acids is 2. The van der Waals surface area contributed by atoms with E-state index >= 15 is 0 Å². The fourth-order valence-corrected chi connectivity index (χ4v) is 2.65. The molecule has 0 unspecified atom stereocenters. The van der Waals surface area contributed by atoms with E-state index < -0.39 is 23.6 Å². The number of carbonyl (C=O) groups is 2. The van der Waals surface area contributed by atoms with Crippen LogP contribution in [0.4, 0.5) is 0 Å². The van der Waals surface area contributed by atoms with Crippen molar-refractivity contribution in [2.75, 3.05) is 0 Å². The number of allylic oxidation sites excluding steroid dienone is 3. The van der Waals surface area contributed by atoms with Gasteiger partial charge in [0.25, 0.3) is 0 Å². The molecule has 1 N–H and O–H groups in total. The second-order valence-electron chi connectivity index (χ2n) is 6.64. The van der Waals surface area contributed by atoms with E-state index in [0.717, 1.165) is 0 Å². The first-order valence-electron chi connectivity index (χ1n) is 8.04. The van der Waals surface area contributed by atoms with Crippen LogP contribution in [0.15, 0.2) is 58.3 Å². The van der Waals surface area contributed by atoms with Crippen molar-refractivity contribution >= 4 is 11.9 Å². The third kappa shape index (κ3) is 3.17. The maximum atomic E-state index is 12.2. The first-order chi connectivity index (χ1) is 11.7. The monoisotopic (exact) mass is 344 g/mol. The SMILES string of the molecule is C/C=C(/C)C(=O)OC1=C[C@@H](C(C)(C)O)OC2=C1CC=C1OC(=O)C=C12. The number of hydrogen-bond acceptors (Lipinski definition) is 6. The molecule has 6 heteroatoms. The summed E-state index contributed by atoms with van der Waals surface area (Å²) >= 11 is 0. The molecule has 0 spiro atoms. The third-order valence-corrected chi connectivity index (χ3v) is 4.25. The summed E-state index contributed by atoms with van der Waals surface area (Å²) < 4.78 is 16.6. The minimum atomic E-state index is -1.21. The number of fused-ring (bicyclic) bond motifs is 2. The molecule has 0 amide bonds. The Balaban J connectivity index is 2.02. The lowest BCUT2D eigenvalue weighted by molar-refractivity contribution is -0.135. The Morgan fingerprint density at radius 3 is 2.80 bits per heavy atom. The second-order valence-corrected chi connectivity index (χ2v) is 6.64. The van der Waals surface area contributed by atoms with Crippen LogP contribution >= 0.6 is 0 Å². The van der Waals surface area contributed by atoms with Crippen LogP contribution < -0.4 is 0 Å². The molecular formula is C19H20O6. The van der Waals surface area contributed by atoms with Crippen molar-refractivity contribution in [2.45, 2.75) is 45.8 Å². The molecular weight excluding hydrogens is 324 g/mol. The molecule has 0 aromatic rings. The molecule has 3 aliphatic rings. The Morgan fingerprint density at radius 2 is 2.16 bits per heavy atom. The Bertz CT molecular complexity index is 798. The Hall–Kier alpha value is -2.60. The first-order valence-corrected chi connectivity index (χ1v) is 8.04. The van der Waals surface area contributed by atoms with E-state index in [-0.39, 0.29) is 0 Å². The number of esters is 2. The summed E-state index contributed by atoms with van der Waals surface area (Å²) in [6.45, 7) is 6.61. The van der Waals surface area contributed by atoms with Gasteiger partial charge in [0, 0.05) is 29.7 Å². The Labute approximate surface area is 145 Å². The standard InChI is InChI=1S/C19H20O6/c1-5-10(2)18(21)24-14-9-15(19(3,4)22)25-17-11(14)6-7-13-12(17)8-16(20)23-13/h5,7-9,15,22H,6H2,1-4H3/b10-5-/t15-/m0/s1. The smallest absolute Gasteiger partial charge is 0.338 e. The number of ether oxygens (including phenoxy) is 3. The largest absolute Gasteiger partial charge is 0.482 e. The van der Waals surface area contributed by atoms with Crippen LogP contribution in [0.2, 0.25) is 0 Å². The summed E-state index contributed by atoms with van der Waals surface area (Å²) in [6.07, 6.45) is 5.99. The zero-order valence-electron chi connectivity index (χ0n) is 14.6. The van der Waals surface area contributed by atoms with E-state index in [1.807, 2.05) is 0 Å². The molecule has 132 valence electrons. The molecule has 0 radical (unpaired) electrons. The topological polar surface area (TPSA) is 82.1 Å². The molecule has 25 heavy (non-hydrogen) atoms. The van der Waals surface area contributed by atoms with Crippen molar-refractivity contribution in [1.29, 1.82) is 0 Å². The van der Waals surface area contributed by atoms with E-state index in [9.17, 15) is 14.7 Å². The predicted molar refractivity (Wildman–Crippen MR) is 88.7 cm³/mol. The van der Waals surface area contributed by atoms with Gasteiger partial charge >= 0.3 is 11.9 Å². The van der Waals surface area contributed by atoms with Gasteiger partial charge in [-0.15, -0.1) is 0 Å². The van der Waals surface area contributed by atoms with E-state index in [0.29, 0.717) is 40.4 Å². The van der Waals surface area contributed by atoms with Crippen molar-refractivity contribution in [3.63, 3.8) is 0 Å². The minimum absolute atomic E-state index is 0.329. The molecule has 0 saturated heterocycles. The molecule has 0 aromatic heterocycles. The first kappa shape index (κ1) is 17.2. The summed E-state index contributed by atoms with van der Waals surface area (Å²) in [6, 6.07) is 0. The number of aliphatic hydroxyl groups is 1. The van der Waals surface area contributed by atoms with Crippen LogP contribution in [0.1, 0.15) is 34.1 Å². The highest BCUT2D eigenvalue weighted by Gasteiger charge is 2.39. The van der Waals surface area contributed by atoms with Gasteiger partial charge in [-0.25, -0.2) is 9.59 Å². The summed E-state index contributed by atoms with van der Waals surface area (Å²) in [7, 11) is 0. The number of rotatable bonds is 3. The van der Waals surface area contributed by atoms with Crippen molar-refractivity contribution in [1.82, 2.24) is 0 Å². The van der Waals surface area contributed by atoms with Crippen molar-refractivity contribution < 1.29 is 28.9 Å². The lowest BCUT2D eigenvalue weighted by atomic mass is 9.91. The fourth-order valence-electron chi connectivity index (χ4n) is 2.65. The summed E-state index contributed by atoms with van der Waals surface area (Å²) in [5.74, 6) is 0.209. The van der Waals surface area contributed by atoms with Crippen molar-refractivity contribution in [3.8, 4) is 0 Å². The van der Waals surface area contributed by atoms with E-state index in [4.69, 9.17) is 14.2 Å². The van der Waals surface area contributed by atoms with E-state index in [1.165, 1.54) is 6.08 Å². The average Bonchev–Trinajstić information content (AvgIpc) is 2.93. The molecule has 0 aromatic carbocycles. The molecule has 0 bridgehead atoms. The van der Waals surface area contributed by atoms with Crippen LogP contribution in [-0.4, -0.2) is 28.8 Å². The van der Waals surface area contributed by atoms with Crippen LogP contribution in [0, 0.1) is 0 Å². The van der Waals surface area contributed by atoms with Gasteiger partial charge in [-0.1, -0.05) is 6.08 Å². The second kappa shape index (κ2) is 6.04. The van der Waals surface area contributed by atoms with Gasteiger partial charge in [-0.05, 0) is 33.8 Å². The number of hydrogen-bond donors (Lipinski definition) is 1. The highest BCUT2D eigenvalue weighted by molar-refractivity contribution is 5.91. The van der Waals surface area contributed by atoms with Gasteiger partial charge in [0.15, 0.2) is 0 Å². The van der Waals surface area contributed by atoms with Crippen LogP contribution in [-0.2, 0) is 23.8 Å². The fraction of sp³-hybridized carbons (Fsp3) is 0.368. The van der Waals surface area contributed by atoms with Gasteiger partial charge in [0.2, 0.25) is 0 Å². The van der Waals surface area contributed by atoms with E-state index in [1.54, 1.807) is 45.9 Å². The molecule has 2 heterocycles. The van der Waals surface area contributed by atoms with Gasteiger partial charge in [0.05, 0.1) is 11.2 Å². The molecule has 3 rings (SSSR count). The lowest BCUT2D eigenvalue weighted by Crippen LogP contribution is -2.39. The predicted octanol–water partition coefficient (Wildman–Crippen LogP) is 2.57. The van der Waals surface area contributed by atoms with Crippen LogP contribution in [0.5, 0.6) is 0 Å². The Kier molecular flexibility index (Phi) is 4.16. The zero-order valence-corrected chi connectivity index (χ0v) is 14.6. The zero-order chi connectivity index (χ0) is 18.4. The van der Waals surface area contributed by atoms with Gasteiger partial charge in [-0.2, -0.15) is 0 Å². The molecule has 1 aliphatic carbocycles. The Morgan fingerprint density at radius 1 is 1.44 bits per heavy atom. The van der Waals surface area contributed by atoms with Gasteiger partial charge < -0.3 is 19.3 Å². The highest BCUT2D eigenvalue weighted by atomic mass is 16.6. The average molecular weight is 344 g/mol. The third-order valence-electron chi connectivity index (χ3n) is 4.25. The molecule has 6 nitrogen and oxygen atoms in total. The van der Waals surface area contributed by atoms with E-state index in [2.05, 4.69) is 0 Å². The lowest BCUT2D eigenvalue weighted by Gasteiger charge is -2.35. The normalized spacial score (nSPS) is 22.9. The van der Waals surface area contributed by atoms with Crippen molar-refractivity contribution in [2.24, 2.45) is 0 Å². The van der Waals surface area contributed by atoms with Crippen LogP contribution in [0.3, 0.4) is 0 Å². The molecule has 1 atom stereocenters. The van der Waals surface area contributed by atoms with Gasteiger partial charge in [0.1, 0.15) is 23.4 Å². The summed E-state index contributed by atoms with van der Waals surface area (Å²) in [5, 5.41) is 10.4. The molecule has 0 saturated carbocycles. The summed E-state index contributed by atoms with van der Waals surface area (Å²) in [4.78, 5) is 23.8. The van der Waals surface area contributed by atoms with Crippen LogP contribution in [0.25, 0.3) is 0 Å². The maximum Gasteiger partial charge on any atom is 0.338 e. The molecule has 0 fully saturated rings. The van der Waals surface area contributed by atoms with Crippen molar-refractivity contribution in [3.05, 3.63) is 58.3 Å². The summed E-state index contributed by atoms with van der Waals surface area (Å²) in [5.41, 5.74) is 0.410. The van der Waals surface area contributed by atoms with Gasteiger partial charge in [-0.3, -0.25) is 0 Å².